The Balaban J connectivity index is 2.36. The third kappa shape index (κ3) is 2.85. The van der Waals surface area contributed by atoms with Crippen LogP contribution in [0.3, 0.4) is 0 Å². The third-order valence-corrected chi connectivity index (χ3v) is 5.81. The van der Waals surface area contributed by atoms with Gasteiger partial charge in [-0.3, -0.25) is 0 Å². The normalized spacial score (nSPS) is 19.8. The van der Waals surface area contributed by atoms with Gasteiger partial charge in [-0.2, -0.15) is 9.57 Å². The Hall–Kier alpha value is -1.42. The monoisotopic (exact) mass is 293 g/mol. The Morgan fingerprint density at radius 3 is 2.80 bits per heavy atom. The van der Waals surface area contributed by atoms with E-state index in [0.717, 1.165) is 19.4 Å². The van der Waals surface area contributed by atoms with Crippen LogP contribution < -0.4 is 5.32 Å². The minimum Gasteiger partial charge on any atom is -0.315 e. The summed E-state index contributed by atoms with van der Waals surface area (Å²) in [7, 11) is -1.94. The molecule has 108 valence electrons. The summed E-state index contributed by atoms with van der Waals surface area (Å²) >= 11 is 0. The number of hydrogen-bond acceptors (Lipinski definition) is 4. The van der Waals surface area contributed by atoms with E-state index in [1.165, 1.54) is 10.4 Å². The van der Waals surface area contributed by atoms with E-state index in [9.17, 15) is 8.42 Å². The van der Waals surface area contributed by atoms with Gasteiger partial charge in [0.15, 0.2) is 0 Å². The first-order chi connectivity index (χ1) is 9.46. The van der Waals surface area contributed by atoms with E-state index in [-0.39, 0.29) is 10.9 Å². The molecule has 0 aliphatic carbocycles. The molecule has 0 amide bonds. The molecule has 0 radical (unpaired) electrons. The number of aryl methyl sites for hydroxylation is 1. The Morgan fingerprint density at radius 1 is 1.45 bits per heavy atom. The number of nitrogens with one attached hydrogen (secondary N) is 1. The van der Waals surface area contributed by atoms with Gasteiger partial charge >= 0.3 is 0 Å². The molecule has 1 atom stereocenters. The first-order valence-corrected chi connectivity index (χ1v) is 8.10. The SMILES string of the molecule is Cc1ccc(C#N)cc1S(=O)(=O)N(C)C1CCCNC1. The highest BCUT2D eigenvalue weighted by Crippen LogP contribution is 2.23. The fourth-order valence-electron chi connectivity index (χ4n) is 2.44. The van der Waals surface area contributed by atoms with Crippen molar-refractivity contribution in [2.24, 2.45) is 0 Å². The molecule has 0 spiro atoms. The molecule has 1 N–H and O–H groups in total. The number of hydrogen-bond donors (Lipinski definition) is 1. The second-order valence-corrected chi connectivity index (χ2v) is 7.08. The molecule has 0 aromatic heterocycles. The van der Waals surface area contributed by atoms with Gasteiger partial charge in [-0.15, -0.1) is 0 Å². The molecule has 5 nitrogen and oxygen atoms in total. The van der Waals surface area contributed by atoms with Crippen LogP contribution in [0, 0.1) is 18.3 Å². The van der Waals surface area contributed by atoms with Gasteiger partial charge < -0.3 is 5.32 Å². The van der Waals surface area contributed by atoms with Crippen LogP contribution in [0.5, 0.6) is 0 Å². The lowest BCUT2D eigenvalue weighted by molar-refractivity contribution is 0.300. The van der Waals surface area contributed by atoms with Crippen LogP contribution in [0.1, 0.15) is 24.0 Å². The van der Waals surface area contributed by atoms with Gasteiger partial charge in [0.1, 0.15) is 0 Å². The first kappa shape index (κ1) is 15.0. The fourth-order valence-corrected chi connectivity index (χ4v) is 4.08. The summed E-state index contributed by atoms with van der Waals surface area (Å²) in [6, 6.07) is 6.73. The van der Waals surface area contributed by atoms with Crippen molar-refractivity contribution in [3.63, 3.8) is 0 Å². The number of likely N-dealkylation sites (N-methyl/N-ethyl adjacent to an activating group) is 1. The minimum absolute atomic E-state index is 0.0288. The van der Waals surface area contributed by atoms with E-state index in [4.69, 9.17) is 5.26 Å². The maximum absolute atomic E-state index is 12.7. The highest BCUT2D eigenvalue weighted by Gasteiger charge is 2.30. The van der Waals surface area contributed by atoms with Crippen LogP contribution in [0.2, 0.25) is 0 Å². The molecule has 0 bridgehead atoms. The van der Waals surface area contributed by atoms with Crippen molar-refractivity contribution in [2.45, 2.75) is 30.7 Å². The van der Waals surface area contributed by atoms with Gasteiger partial charge in [0.05, 0.1) is 16.5 Å². The van der Waals surface area contributed by atoms with Crippen LogP contribution in [-0.4, -0.2) is 38.9 Å². The molecule has 1 unspecified atom stereocenters. The van der Waals surface area contributed by atoms with Crippen LogP contribution in [0.25, 0.3) is 0 Å². The van der Waals surface area contributed by atoms with Crippen molar-refractivity contribution in [1.82, 2.24) is 9.62 Å². The van der Waals surface area contributed by atoms with Gasteiger partial charge in [0.2, 0.25) is 10.0 Å². The molecule has 0 saturated carbocycles. The topological polar surface area (TPSA) is 73.2 Å². The molecular formula is C14H19N3O2S. The number of nitrogens with zero attached hydrogens (tertiary/aromatic N) is 2. The Labute approximate surface area is 120 Å². The molecule has 1 aromatic carbocycles. The van der Waals surface area contributed by atoms with E-state index in [0.29, 0.717) is 17.7 Å². The molecule has 1 fully saturated rings. The number of piperidine rings is 1. The lowest BCUT2D eigenvalue weighted by atomic mass is 10.1. The largest absolute Gasteiger partial charge is 0.315 e. The van der Waals surface area contributed by atoms with Gasteiger partial charge in [0, 0.05) is 19.6 Å². The van der Waals surface area contributed by atoms with Gasteiger partial charge in [0.25, 0.3) is 0 Å². The molecule has 1 heterocycles. The first-order valence-electron chi connectivity index (χ1n) is 6.66. The second-order valence-electron chi connectivity index (χ2n) is 5.11. The van der Waals surface area contributed by atoms with E-state index in [1.807, 2.05) is 6.07 Å². The van der Waals surface area contributed by atoms with E-state index in [2.05, 4.69) is 5.32 Å². The van der Waals surface area contributed by atoms with E-state index >= 15 is 0 Å². The predicted octanol–water partition coefficient (Wildman–Crippen LogP) is 1.24. The summed E-state index contributed by atoms with van der Waals surface area (Å²) in [5, 5.41) is 12.2. The quantitative estimate of drug-likeness (QED) is 0.910. The van der Waals surface area contributed by atoms with Crippen molar-refractivity contribution >= 4 is 10.0 Å². The zero-order valence-corrected chi connectivity index (χ0v) is 12.6. The van der Waals surface area contributed by atoms with Gasteiger partial charge in [-0.25, -0.2) is 8.42 Å². The van der Waals surface area contributed by atoms with Crippen molar-refractivity contribution in [3.8, 4) is 6.07 Å². The van der Waals surface area contributed by atoms with Crippen LogP contribution >= 0.6 is 0 Å². The summed E-state index contributed by atoms with van der Waals surface area (Å²) in [6.45, 7) is 3.36. The highest BCUT2D eigenvalue weighted by atomic mass is 32.2. The van der Waals surface area contributed by atoms with E-state index in [1.54, 1.807) is 26.1 Å². The van der Waals surface area contributed by atoms with Crippen molar-refractivity contribution in [3.05, 3.63) is 29.3 Å². The predicted molar refractivity (Wildman–Crippen MR) is 76.7 cm³/mol. The average molecular weight is 293 g/mol. The smallest absolute Gasteiger partial charge is 0.243 e. The Kier molecular flexibility index (Phi) is 4.43. The van der Waals surface area contributed by atoms with E-state index < -0.39 is 10.0 Å². The summed E-state index contributed by atoms with van der Waals surface area (Å²) in [4.78, 5) is 0.227. The molecule has 1 aliphatic rings. The van der Waals surface area contributed by atoms with Crippen molar-refractivity contribution in [2.75, 3.05) is 20.1 Å². The fraction of sp³-hybridized carbons (Fsp3) is 0.500. The molecule has 6 heteroatoms. The maximum atomic E-state index is 12.7. The lowest BCUT2D eigenvalue weighted by Crippen LogP contribution is -2.46. The molecule has 1 aliphatic heterocycles. The van der Waals surface area contributed by atoms with Crippen LogP contribution in [0.4, 0.5) is 0 Å². The zero-order valence-electron chi connectivity index (χ0n) is 11.8. The Morgan fingerprint density at radius 2 is 2.20 bits per heavy atom. The number of rotatable bonds is 3. The molecule has 1 aromatic rings. The lowest BCUT2D eigenvalue weighted by Gasteiger charge is -2.31. The molecule has 2 rings (SSSR count). The summed E-state index contributed by atoms with van der Waals surface area (Å²) in [5.74, 6) is 0. The number of benzene rings is 1. The van der Waals surface area contributed by atoms with Gasteiger partial charge in [-0.1, -0.05) is 6.07 Å². The summed E-state index contributed by atoms with van der Waals surface area (Å²) in [5.41, 5.74) is 1.03. The standard InChI is InChI=1S/C14H19N3O2S/c1-11-5-6-12(9-15)8-14(11)20(18,19)17(2)13-4-3-7-16-10-13/h5-6,8,13,16H,3-4,7,10H2,1-2H3. The molecule has 20 heavy (non-hydrogen) atoms. The van der Waals surface area contributed by atoms with Crippen LogP contribution in [-0.2, 0) is 10.0 Å². The minimum atomic E-state index is -3.56. The zero-order chi connectivity index (χ0) is 14.8. The third-order valence-electron chi connectivity index (χ3n) is 3.76. The highest BCUT2D eigenvalue weighted by molar-refractivity contribution is 7.89. The Bertz CT molecular complexity index is 628. The van der Waals surface area contributed by atoms with Crippen molar-refractivity contribution < 1.29 is 8.42 Å². The second kappa shape index (κ2) is 5.92. The van der Waals surface area contributed by atoms with Crippen molar-refractivity contribution in [1.29, 1.82) is 5.26 Å². The maximum Gasteiger partial charge on any atom is 0.243 e. The number of sulfonamides is 1. The average Bonchev–Trinajstić information content (AvgIpc) is 2.47. The summed E-state index contributed by atoms with van der Waals surface area (Å²) in [6.07, 6.45) is 1.83. The molecule has 1 saturated heterocycles. The van der Waals surface area contributed by atoms with Gasteiger partial charge in [-0.05, 0) is 44.0 Å². The molecular weight excluding hydrogens is 274 g/mol. The van der Waals surface area contributed by atoms with Crippen LogP contribution in [0.15, 0.2) is 23.1 Å². The number of nitriles is 1. The summed E-state index contributed by atoms with van der Waals surface area (Å²) < 4.78 is 26.9.